The van der Waals surface area contributed by atoms with Gasteiger partial charge in [0, 0.05) is 25.6 Å². The highest BCUT2D eigenvalue weighted by atomic mass is 19.3. The molecule has 1 aliphatic rings. The smallest absolute Gasteiger partial charge is 0.270 e. The zero-order chi connectivity index (χ0) is 21.3. The summed E-state index contributed by atoms with van der Waals surface area (Å²) in [6.07, 6.45) is 3.39. The van der Waals surface area contributed by atoms with Crippen LogP contribution in [-0.2, 0) is 13.2 Å². The highest BCUT2D eigenvalue weighted by Gasteiger charge is 2.39. The molecule has 0 radical (unpaired) electrons. The van der Waals surface area contributed by atoms with Gasteiger partial charge in [0.2, 0.25) is 5.92 Å². The predicted molar refractivity (Wildman–Crippen MR) is 104 cm³/mol. The Morgan fingerprint density at radius 2 is 2.10 bits per heavy atom. The van der Waals surface area contributed by atoms with Crippen molar-refractivity contribution in [2.45, 2.75) is 57.7 Å². The van der Waals surface area contributed by atoms with Crippen molar-refractivity contribution in [1.82, 2.24) is 29.7 Å². The molecule has 160 valence electrons. The Labute approximate surface area is 171 Å². The Balaban J connectivity index is 1.66. The number of halogens is 2. The van der Waals surface area contributed by atoms with E-state index >= 15 is 0 Å². The van der Waals surface area contributed by atoms with Gasteiger partial charge in [-0.1, -0.05) is 0 Å². The van der Waals surface area contributed by atoms with E-state index in [-0.39, 0.29) is 44.1 Å². The lowest BCUT2D eigenvalue weighted by atomic mass is 9.81. The van der Waals surface area contributed by atoms with Gasteiger partial charge in [0.25, 0.3) is 5.91 Å². The number of carbonyl (C=O) groups excluding carboxylic acids is 1. The van der Waals surface area contributed by atoms with Gasteiger partial charge in [0.15, 0.2) is 5.65 Å². The summed E-state index contributed by atoms with van der Waals surface area (Å²) in [6, 6.07) is 4.49. The van der Waals surface area contributed by atoms with E-state index in [0.717, 1.165) is 0 Å². The zero-order valence-corrected chi connectivity index (χ0v) is 16.6. The van der Waals surface area contributed by atoms with Gasteiger partial charge in [-0.15, -0.1) is 0 Å². The number of hydrogen-bond donors (Lipinski definition) is 2. The first-order chi connectivity index (χ1) is 14.4. The van der Waals surface area contributed by atoms with Gasteiger partial charge in [-0.05, 0) is 43.9 Å². The summed E-state index contributed by atoms with van der Waals surface area (Å²) < 4.78 is 30.6. The normalized spacial score (nSPS) is 17.9. The lowest BCUT2D eigenvalue weighted by Crippen LogP contribution is -2.38. The van der Waals surface area contributed by atoms with Crippen LogP contribution in [0.5, 0.6) is 0 Å². The third-order valence-electron chi connectivity index (χ3n) is 5.64. The van der Waals surface area contributed by atoms with Crippen LogP contribution >= 0.6 is 0 Å². The molecule has 0 spiro atoms. The molecule has 30 heavy (non-hydrogen) atoms. The summed E-state index contributed by atoms with van der Waals surface area (Å²) in [5, 5.41) is 20.7. The lowest BCUT2D eigenvalue weighted by Gasteiger charge is -2.33. The van der Waals surface area contributed by atoms with Gasteiger partial charge in [-0.2, -0.15) is 10.2 Å². The van der Waals surface area contributed by atoms with Crippen LogP contribution in [0.25, 0.3) is 5.65 Å². The Morgan fingerprint density at radius 3 is 2.80 bits per heavy atom. The molecule has 1 unspecified atom stereocenters. The van der Waals surface area contributed by atoms with Crippen molar-refractivity contribution in [2.24, 2.45) is 5.92 Å². The molecular weight excluding hydrogens is 394 g/mol. The topological polar surface area (TPSA) is 97.3 Å². The molecule has 4 rings (SSSR count). The van der Waals surface area contributed by atoms with E-state index in [2.05, 4.69) is 20.5 Å². The Hall–Kier alpha value is -2.88. The van der Waals surface area contributed by atoms with E-state index in [9.17, 15) is 18.7 Å². The molecule has 3 aromatic rings. The first kappa shape index (κ1) is 20.4. The average Bonchev–Trinajstić information content (AvgIpc) is 3.38. The minimum absolute atomic E-state index is 0.172. The molecule has 1 saturated carbocycles. The number of hydrogen-bond acceptors (Lipinski definition) is 5. The Bertz CT molecular complexity index is 1040. The van der Waals surface area contributed by atoms with Crippen molar-refractivity contribution in [1.29, 1.82) is 0 Å². The third-order valence-corrected chi connectivity index (χ3v) is 5.64. The maximum absolute atomic E-state index is 13.7. The molecule has 1 atom stereocenters. The number of rotatable bonds is 6. The summed E-state index contributed by atoms with van der Waals surface area (Å²) >= 11 is 0. The molecule has 0 aliphatic heterocycles. The Kier molecular flexibility index (Phi) is 5.50. The van der Waals surface area contributed by atoms with Crippen LogP contribution in [0.3, 0.4) is 0 Å². The van der Waals surface area contributed by atoms with Crippen molar-refractivity contribution >= 4 is 11.6 Å². The number of nitrogens with zero attached hydrogens (tertiary/aromatic N) is 5. The van der Waals surface area contributed by atoms with Crippen LogP contribution in [0.1, 0.15) is 60.5 Å². The van der Waals surface area contributed by atoms with Crippen molar-refractivity contribution in [2.75, 3.05) is 0 Å². The summed E-state index contributed by atoms with van der Waals surface area (Å²) in [4.78, 5) is 17.5. The van der Waals surface area contributed by atoms with Crippen LogP contribution in [0.2, 0.25) is 0 Å². The minimum atomic E-state index is -2.66. The van der Waals surface area contributed by atoms with E-state index in [1.165, 1.54) is 4.52 Å². The van der Waals surface area contributed by atoms with E-state index in [1.807, 2.05) is 6.92 Å². The molecule has 8 nitrogen and oxygen atoms in total. The molecule has 1 aliphatic carbocycles. The van der Waals surface area contributed by atoms with Gasteiger partial charge in [0.05, 0.1) is 30.2 Å². The number of nitrogens with one attached hydrogen (secondary N) is 1. The minimum Gasteiger partial charge on any atom is -0.390 e. The van der Waals surface area contributed by atoms with E-state index in [0.29, 0.717) is 29.3 Å². The van der Waals surface area contributed by atoms with E-state index in [4.69, 9.17) is 0 Å². The molecule has 3 heterocycles. The van der Waals surface area contributed by atoms with Crippen LogP contribution in [-0.4, -0.2) is 41.3 Å². The fraction of sp³-hybridized carbons (Fsp3) is 0.500. The predicted octanol–water partition coefficient (Wildman–Crippen LogP) is 2.73. The number of alkyl halides is 2. The highest BCUT2D eigenvalue weighted by Crippen LogP contribution is 2.41. The Morgan fingerprint density at radius 1 is 1.33 bits per heavy atom. The average molecular weight is 418 g/mol. The van der Waals surface area contributed by atoms with Crippen molar-refractivity contribution < 1.29 is 18.7 Å². The molecule has 3 aromatic heterocycles. The van der Waals surface area contributed by atoms with Gasteiger partial charge in [-0.25, -0.2) is 18.3 Å². The summed E-state index contributed by atoms with van der Waals surface area (Å²) in [5.41, 5.74) is 2.01. The molecule has 1 fully saturated rings. The highest BCUT2D eigenvalue weighted by molar-refractivity contribution is 5.92. The first-order valence-electron chi connectivity index (χ1n) is 10.1. The van der Waals surface area contributed by atoms with E-state index in [1.54, 1.807) is 35.3 Å². The summed E-state index contributed by atoms with van der Waals surface area (Å²) in [7, 11) is 0. The number of aromatic nitrogens is 5. The lowest BCUT2D eigenvalue weighted by molar-refractivity contribution is -0.0495. The standard InChI is InChI=1S/C20H24F2N6O2/c1-2-27-16(7-10-23-27)19(30)25-18(13-5-8-20(21,22)9-6-13)15-11-28-17(24-15)4-3-14(12-29)26-28/h3-4,7,10-11,13,18,29H,2,5-6,8-9,12H2,1H3,(H,25,30). The van der Waals surface area contributed by atoms with Crippen LogP contribution in [0.15, 0.2) is 30.6 Å². The summed E-state index contributed by atoms with van der Waals surface area (Å²) in [6.45, 7) is 2.22. The van der Waals surface area contributed by atoms with Gasteiger partial charge < -0.3 is 10.4 Å². The second-order valence-corrected chi connectivity index (χ2v) is 7.63. The number of carbonyl (C=O) groups is 1. The molecule has 0 aromatic carbocycles. The number of imidazole rings is 1. The molecular formula is C20H24F2N6O2. The zero-order valence-electron chi connectivity index (χ0n) is 16.6. The fourth-order valence-corrected chi connectivity index (χ4v) is 4.00. The van der Waals surface area contributed by atoms with Crippen molar-refractivity contribution in [3.8, 4) is 0 Å². The van der Waals surface area contributed by atoms with Crippen LogP contribution < -0.4 is 5.32 Å². The number of aliphatic hydroxyl groups excluding tert-OH is 1. The molecule has 1 amide bonds. The largest absolute Gasteiger partial charge is 0.390 e. The fourth-order valence-electron chi connectivity index (χ4n) is 4.00. The van der Waals surface area contributed by atoms with Crippen LogP contribution in [0.4, 0.5) is 8.78 Å². The second-order valence-electron chi connectivity index (χ2n) is 7.63. The van der Waals surface area contributed by atoms with Crippen molar-refractivity contribution in [3.05, 3.63) is 47.7 Å². The monoisotopic (exact) mass is 418 g/mol. The first-order valence-corrected chi connectivity index (χ1v) is 10.1. The second kappa shape index (κ2) is 8.10. The maximum Gasteiger partial charge on any atom is 0.270 e. The summed E-state index contributed by atoms with van der Waals surface area (Å²) in [5.74, 6) is -3.16. The van der Waals surface area contributed by atoms with Gasteiger partial charge in [0.1, 0.15) is 5.69 Å². The number of aliphatic hydroxyl groups is 1. The van der Waals surface area contributed by atoms with Crippen molar-refractivity contribution in [3.63, 3.8) is 0 Å². The molecule has 2 N–H and O–H groups in total. The molecule has 10 heteroatoms. The van der Waals surface area contributed by atoms with Crippen LogP contribution in [0, 0.1) is 5.92 Å². The molecule has 0 bridgehead atoms. The third kappa shape index (κ3) is 4.04. The quantitative estimate of drug-likeness (QED) is 0.642. The van der Waals surface area contributed by atoms with Gasteiger partial charge >= 0.3 is 0 Å². The number of fused-ring (bicyclic) bond motifs is 1. The molecule has 0 saturated heterocycles. The van der Waals surface area contributed by atoms with Gasteiger partial charge in [-0.3, -0.25) is 9.48 Å². The van der Waals surface area contributed by atoms with E-state index < -0.39 is 12.0 Å². The SMILES string of the molecule is CCn1nccc1C(=O)NC(c1cn2nc(CO)ccc2n1)C1CCC(F)(F)CC1. The number of aryl methyl sites for hydroxylation is 1. The number of amides is 1. The maximum atomic E-state index is 13.7.